The lowest BCUT2D eigenvalue weighted by atomic mass is 10.0. The summed E-state index contributed by atoms with van der Waals surface area (Å²) in [4.78, 5) is 72.2. The van der Waals surface area contributed by atoms with Crippen molar-refractivity contribution in [1.82, 2.24) is 35.4 Å². The van der Waals surface area contributed by atoms with Gasteiger partial charge in [0.15, 0.2) is 10.8 Å². The smallest absolute Gasteiger partial charge is 0.365 e. The van der Waals surface area contributed by atoms with Crippen LogP contribution in [0.25, 0.3) is 0 Å². The van der Waals surface area contributed by atoms with Gasteiger partial charge >= 0.3 is 17.9 Å². The van der Waals surface area contributed by atoms with Crippen LogP contribution in [-0.2, 0) is 26.3 Å². The fraction of sp³-hybridized carbons (Fsp3) is 0.217. The molecular formula is C23H19N9O8S3. The Morgan fingerprint density at radius 3 is 2.51 bits per heavy atom. The number of hydrogen-bond donors (Lipinski definition) is 4. The summed E-state index contributed by atoms with van der Waals surface area (Å²) >= 11 is 3.48. The van der Waals surface area contributed by atoms with Crippen LogP contribution in [0.4, 0.5) is 5.13 Å². The Hall–Kier alpha value is -4.82. The summed E-state index contributed by atoms with van der Waals surface area (Å²) < 4.78 is 1.44. The molecule has 5 rings (SSSR count). The number of aromatic carboxylic acids is 1. The van der Waals surface area contributed by atoms with Crippen LogP contribution in [0, 0.1) is 0 Å². The van der Waals surface area contributed by atoms with Crippen molar-refractivity contribution in [1.29, 1.82) is 0 Å². The number of carbonyl (C=O) groups is 5. The standard InChI is InChI=1S/C23H19N9O8S3/c1-31-23(27-29-30-31)43-7-11-6-41-18-14(17(34)32(18)15(11)20(37)38)26-16(33)13(12-8-42-22(24)25-12)28-40-21(39)10-4-2-9(3-5-10)19(35)36/h2-5,8,14,18H,6-7H2,1H3,(H2,24,25)(H,26,33)(H,35,36)(H,37,38)/b28-13-/t14?,18-/m1/s1. The van der Waals surface area contributed by atoms with Crippen molar-refractivity contribution in [3.05, 3.63) is 57.7 Å². The van der Waals surface area contributed by atoms with Gasteiger partial charge in [0, 0.05) is 23.9 Å². The van der Waals surface area contributed by atoms with Gasteiger partial charge in [0.2, 0.25) is 5.16 Å². The van der Waals surface area contributed by atoms with E-state index in [0.717, 1.165) is 16.2 Å². The minimum absolute atomic E-state index is 0.0300. The number of nitrogens with zero attached hydrogens (tertiary/aromatic N) is 7. The minimum atomic E-state index is -1.29. The van der Waals surface area contributed by atoms with E-state index in [1.54, 1.807) is 7.05 Å². The van der Waals surface area contributed by atoms with Gasteiger partial charge in [-0.2, -0.15) is 0 Å². The van der Waals surface area contributed by atoms with Gasteiger partial charge in [0.25, 0.3) is 11.8 Å². The number of nitrogen functional groups attached to an aromatic ring is 1. The van der Waals surface area contributed by atoms with E-state index in [-0.39, 0.29) is 39.2 Å². The summed E-state index contributed by atoms with van der Waals surface area (Å²) in [5.74, 6) is -4.55. The largest absolute Gasteiger partial charge is 0.478 e. The number of aromatic nitrogens is 5. The fourth-order valence-corrected chi connectivity index (χ4v) is 6.87. The third kappa shape index (κ3) is 6.05. The minimum Gasteiger partial charge on any atom is -0.478 e. The second kappa shape index (κ2) is 12.2. The molecule has 4 heterocycles. The SMILES string of the molecule is Cn1nnnc1SCC1=C(C(=O)O)N2C(=O)C(NC(=O)/C(=N\OC(=O)c3ccc(C(=O)O)cc3)c3csc(N)n3)[C@H]2SC1. The number of oxime groups is 1. The molecule has 3 aromatic rings. The van der Waals surface area contributed by atoms with E-state index in [4.69, 9.17) is 15.7 Å². The Kier molecular flexibility index (Phi) is 8.41. The predicted octanol–water partition coefficient (Wildman–Crippen LogP) is 0.0390. The summed E-state index contributed by atoms with van der Waals surface area (Å²) in [6.45, 7) is 0. The van der Waals surface area contributed by atoms with E-state index in [9.17, 15) is 29.1 Å². The van der Waals surface area contributed by atoms with Gasteiger partial charge in [-0.05, 0) is 40.3 Å². The van der Waals surface area contributed by atoms with Crippen LogP contribution in [0.15, 0.2) is 51.2 Å². The van der Waals surface area contributed by atoms with Crippen LogP contribution in [-0.4, -0.2) is 98.7 Å². The van der Waals surface area contributed by atoms with E-state index in [0.29, 0.717) is 10.7 Å². The summed E-state index contributed by atoms with van der Waals surface area (Å²) in [5.41, 5.74) is 5.44. The molecule has 1 saturated heterocycles. The first-order valence-electron chi connectivity index (χ1n) is 11.9. The van der Waals surface area contributed by atoms with Gasteiger partial charge < -0.3 is 26.1 Å². The Bertz CT molecular complexity index is 1700. The van der Waals surface area contributed by atoms with E-state index in [1.165, 1.54) is 57.9 Å². The van der Waals surface area contributed by atoms with Gasteiger partial charge in [-0.3, -0.25) is 14.5 Å². The summed E-state index contributed by atoms with van der Waals surface area (Å²) in [5, 5.41) is 37.5. The van der Waals surface area contributed by atoms with E-state index >= 15 is 0 Å². The zero-order valence-electron chi connectivity index (χ0n) is 21.7. The maximum absolute atomic E-state index is 13.3. The molecule has 2 aliphatic heterocycles. The molecule has 1 unspecified atom stereocenters. The molecule has 222 valence electrons. The Balaban J connectivity index is 1.31. The van der Waals surface area contributed by atoms with Gasteiger partial charge in [0.1, 0.15) is 22.8 Å². The topological polar surface area (TPSA) is 245 Å². The van der Waals surface area contributed by atoms with Gasteiger partial charge in [-0.25, -0.2) is 24.0 Å². The van der Waals surface area contributed by atoms with Crippen LogP contribution in [0.3, 0.4) is 0 Å². The lowest BCUT2D eigenvalue weighted by Gasteiger charge is -2.49. The van der Waals surface area contributed by atoms with Crippen molar-refractivity contribution >= 4 is 75.4 Å². The first kappa shape index (κ1) is 29.7. The van der Waals surface area contributed by atoms with Crippen molar-refractivity contribution in [2.24, 2.45) is 12.2 Å². The third-order valence-corrected chi connectivity index (χ3v) is 9.17. The number of carboxylic acids is 2. The van der Waals surface area contributed by atoms with Gasteiger partial charge in [-0.15, -0.1) is 28.2 Å². The van der Waals surface area contributed by atoms with Gasteiger partial charge in [0.05, 0.1) is 11.1 Å². The van der Waals surface area contributed by atoms with Crippen LogP contribution in [0.1, 0.15) is 26.4 Å². The molecule has 0 aliphatic carbocycles. The molecule has 0 saturated carbocycles. The molecule has 1 aromatic carbocycles. The van der Waals surface area contributed by atoms with E-state index in [1.807, 2.05) is 0 Å². The maximum atomic E-state index is 13.3. The number of thiazole rings is 1. The zero-order valence-corrected chi connectivity index (χ0v) is 24.2. The zero-order chi connectivity index (χ0) is 30.8. The highest BCUT2D eigenvalue weighted by atomic mass is 32.2. The first-order chi connectivity index (χ1) is 20.5. The Morgan fingerprint density at radius 2 is 1.91 bits per heavy atom. The number of tetrazole rings is 1. The number of carboxylic acid groups (broad SMARTS) is 2. The molecule has 5 N–H and O–H groups in total. The number of β-lactam (4-membered cyclic amide) rings is 1. The Labute approximate surface area is 253 Å². The second-order valence-corrected chi connectivity index (χ2v) is 11.7. The van der Waals surface area contributed by atoms with Crippen molar-refractivity contribution in [2.75, 3.05) is 17.2 Å². The lowest BCUT2D eigenvalue weighted by Crippen LogP contribution is -2.71. The summed E-state index contributed by atoms with van der Waals surface area (Å²) in [6.07, 6.45) is 0. The highest BCUT2D eigenvalue weighted by molar-refractivity contribution is 8.01. The van der Waals surface area contributed by atoms with E-state index < -0.39 is 46.8 Å². The highest BCUT2D eigenvalue weighted by Gasteiger charge is 2.54. The molecule has 0 bridgehead atoms. The number of amides is 2. The summed E-state index contributed by atoms with van der Waals surface area (Å²) in [7, 11) is 1.64. The summed E-state index contributed by atoms with van der Waals surface area (Å²) in [6, 6.07) is 3.72. The number of nitrogens with two attached hydrogens (primary N) is 1. The lowest BCUT2D eigenvalue weighted by molar-refractivity contribution is -0.150. The predicted molar refractivity (Wildman–Crippen MR) is 151 cm³/mol. The van der Waals surface area contributed by atoms with Crippen LogP contribution in [0.2, 0.25) is 0 Å². The monoisotopic (exact) mass is 645 g/mol. The van der Waals surface area contributed by atoms with Crippen molar-refractivity contribution in [2.45, 2.75) is 16.6 Å². The molecule has 2 amide bonds. The van der Waals surface area contributed by atoms with Crippen LogP contribution >= 0.6 is 34.9 Å². The number of thioether (sulfide) groups is 2. The molecule has 0 spiro atoms. The number of aryl methyl sites for hydroxylation is 1. The van der Waals surface area contributed by atoms with E-state index in [2.05, 4.69) is 31.0 Å². The molecular weight excluding hydrogens is 627 g/mol. The average molecular weight is 646 g/mol. The number of fused-ring (bicyclic) bond motifs is 1. The normalized spacial score (nSPS) is 18.1. The number of nitrogens with one attached hydrogen (secondary N) is 1. The van der Waals surface area contributed by atoms with Crippen molar-refractivity contribution in [3.8, 4) is 0 Å². The molecule has 2 atom stereocenters. The van der Waals surface area contributed by atoms with Crippen LogP contribution < -0.4 is 11.1 Å². The molecule has 1 fully saturated rings. The highest BCUT2D eigenvalue weighted by Crippen LogP contribution is 2.41. The molecule has 2 aromatic heterocycles. The number of hydrogen-bond acceptors (Lipinski definition) is 15. The molecule has 2 aliphatic rings. The van der Waals surface area contributed by atoms with Crippen molar-refractivity contribution < 1.29 is 39.0 Å². The van der Waals surface area contributed by atoms with Crippen molar-refractivity contribution in [3.63, 3.8) is 0 Å². The Morgan fingerprint density at radius 1 is 1.19 bits per heavy atom. The number of benzene rings is 1. The maximum Gasteiger partial charge on any atom is 0.365 e. The number of rotatable bonds is 10. The number of carbonyl (C=O) groups excluding carboxylic acids is 3. The number of aliphatic carboxylic acids is 1. The number of anilines is 1. The first-order valence-corrected chi connectivity index (χ1v) is 14.9. The van der Waals surface area contributed by atoms with Crippen LogP contribution in [0.5, 0.6) is 0 Å². The molecule has 17 nitrogen and oxygen atoms in total. The third-order valence-electron chi connectivity index (χ3n) is 6.06. The second-order valence-electron chi connectivity index (χ2n) is 8.76. The molecule has 43 heavy (non-hydrogen) atoms. The molecule has 0 radical (unpaired) electrons. The fourth-order valence-electron chi connectivity index (χ4n) is 3.99. The molecule has 20 heteroatoms. The quantitative estimate of drug-likeness (QED) is 0.0747. The average Bonchev–Trinajstić information content (AvgIpc) is 3.61. The van der Waals surface area contributed by atoms with Gasteiger partial charge in [-0.1, -0.05) is 16.9 Å².